The number of hydrogen-bond acceptors (Lipinski definition) is 3. The number of phenols is 1. The molecule has 50 valence electrons. The van der Waals surface area contributed by atoms with Crippen LogP contribution in [0.4, 0.5) is 0 Å². The Hall–Kier alpha value is -1.14. The maximum atomic E-state index is 9.10. The van der Waals surface area contributed by atoms with Gasteiger partial charge < -0.3 is 5.11 Å². The molecule has 1 N–H and O–H groups in total. The lowest BCUT2D eigenvalue weighted by Gasteiger charge is -1.96. The van der Waals surface area contributed by atoms with Crippen molar-refractivity contribution in [2.45, 2.75) is 4.90 Å². The Morgan fingerprint density at radius 2 is 2.20 bits per heavy atom. The molecule has 2 nitrogen and oxygen atoms in total. The van der Waals surface area contributed by atoms with Gasteiger partial charge in [-0.1, -0.05) is 6.07 Å². The lowest BCUT2D eigenvalue weighted by atomic mass is 10.2. The second kappa shape index (κ2) is 2.63. The number of nitrogens with zero attached hydrogens (tertiary/aromatic N) is 1. The number of aromatic hydroxyl groups is 1. The van der Waals surface area contributed by atoms with Crippen LogP contribution >= 0.6 is 12.6 Å². The van der Waals surface area contributed by atoms with E-state index in [-0.39, 0.29) is 11.3 Å². The lowest BCUT2D eigenvalue weighted by Crippen LogP contribution is -1.75. The number of phenolic OH excluding ortho intramolecular Hbond substituents is 1. The van der Waals surface area contributed by atoms with Crippen molar-refractivity contribution in [1.82, 2.24) is 0 Å². The Balaban J connectivity index is 3.31. The van der Waals surface area contributed by atoms with Crippen LogP contribution in [0.15, 0.2) is 23.1 Å². The molecule has 0 spiro atoms. The van der Waals surface area contributed by atoms with Crippen LogP contribution < -0.4 is 0 Å². The van der Waals surface area contributed by atoms with Crippen molar-refractivity contribution in [1.29, 1.82) is 5.26 Å². The van der Waals surface area contributed by atoms with Gasteiger partial charge in [-0.2, -0.15) is 5.26 Å². The van der Waals surface area contributed by atoms with Crippen LogP contribution in [-0.2, 0) is 0 Å². The van der Waals surface area contributed by atoms with Crippen LogP contribution in [0.3, 0.4) is 0 Å². The minimum atomic E-state index is -0.0478. The molecular formula is C7H5NOS. The van der Waals surface area contributed by atoms with E-state index in [0.29, 0.717) is 4.90 Å². The third-order valence-electron chi connectivity index (χ3n) is 1.14. The highest BCUT2D eigenvalue weighted by Crippen LogP contribution is 2.23. The van der Waals surface area contributed by atoms with Gasteiger partial charge in [-0.05, 0) is 12.1 Å². The van der Waals surface area contributed by atoms with Gasteiger partial charge in [-0.15, -0.1) is 12.6 Å². The molecule has 10 heavy (non-hydrogen) atoms. The summed E-state index contributed by atoms with van der Waals surface area (Å²) in [6.45, 7) is 0. The fraction of sp³-hybridized carbons (Fsp3) is 0. The molecule has 0 saturated carbocycles. The van der Waals surface area contributed by atoms with E-state index in [4.69, 9.17) is 10.4 Å². The Bertz CT molecular complexity index is 290. The molecule has 0 aliphatic rings. The van der Waals surface area contributed by atoms with Crippen molar-refractivity contribution in [3.8, 4) is 11.8 Å². The normalized spacial score (nSPS) is 8.80. The van der Waals surface area contributed by atoms with Gasteiger partial charge in [0.15, 0.2) is 0 Å². The number of benzene rings is 1. The zero-order valence-electron chi connectivity index (χ0n) is 5.07. The Kier molecular flexibility index (Phi) is 1.83. The largest absolute Gasteiger partial charge is 0.505 e. The lowest BCUT2D eigenvalue weighted by molar-refractivity contribution is 0.461. The quantitative estimate of drug-likeness (QED) is 0.552. The topological polar surface area (TPSA) is 44.0 Å². The van der Waals surface area contributed by atoms with Crippen LogP contribution in [0.25, 0.3) is 0 Å². The van der Waals surface area contributed by atoms with Gasteiger partial charge >= 0.3 is 0 Å². The number of nitriles is 1. The van der Waals surface area contributed by atoms with Gasteiger partial charge in [-0.25, -0.2) is 0 Å². The third kappa shape index (κ3) is 1.07. The summed E-state index contributed by atoms with van der Waals surface area (Å²) in [6.07, 6.45) is 0. The number of para-hydroxylation sites is 1. The first-order valence-electron chi connectivity index (χ1n) is 2.66. The van der Waals surface area contributed by atoms with Crippen molar-refractivity contribution in [2.75, 3.05) is 0 Å². The summed E-state index contributed by atoms with van der Waals surface area (Å²) < 4.78 is 0. The van der Waals surface area contributed by atoms with E-state index in [1.54, 1.807) is 12.1 Å². The molecule has 0 heterocycles. The minimum absolute atomic E-state index is 0.0478. The second-order valence-corrected chi connectivity index (χ2v) is 2.27. The zero-order chi connectivity index (χ0) is 7.56. The van der Waals surface area contributed by atoms with Crippen LogP contribution in [0, 0.1) is 11.3 Å². The maximum absolute atomic E-state index is 9.10. The summed E-state index contributed by atoms with van der Waals surface area (Å²) in [5, 5.41) is 17.5. The molecule has 1 rings (SSSR count). The fourth-order valence-corrected chi connectivity index (χ4v) is 0.828. The van der Waals surface area contributed by atoms with E-state index in [0.717, 1.165) is 0 Å². The van der Waals surface area contributed by atoms with E-state index in [1.165, 1.54) is 6.07 Å². The molecule has 1 aromatic carbocycles. The van der Waals surface area contributed by atoms with Crippen molar-refractivity contribution in [3.63, 3.8) is 0 Å². The van der Waals surface area contributed by atoms with Crippen molar-refractivity contribution < 1.29 is 5.11 Å². The molecule has 1 aromatic rings. The van der Waals surface area contributed by atoms with Crippen molar-refractivity contribution in [3.05, 3.63) is 23.8 Å². The maximum Gasteiger partial charge on any atom is 0.146 e. The van der Waals surface area contributed by atoms with E-state index < -0.39 is 0 Å². The van der Waals surface area contributed by atoms with E-state index in [1.807, 2.05) is 6.07 Å². The van der Waals surface area contributed by atoms with Crippen LogP contribution in [0.5, 0.6) is 5.75 Å². The van der Waals surface area contributed by atoms with E-state index in [2.05, 4.69) is 12.6 Å². The summed E-state index contributed by atoms with van der Waals surface area (Å²) in [4.78, 5) is 0.430. The van der Waals surface area contributed by atoms with Crippen molar-refractivity contribution in [2.24, 2.45) is 0 Å². The first-order valence-corrected chi connectivity index (χ1v) is 3.11. The molecule has 0 amide bonds. The Labute approximate surface area is 64.1 Å². The Morgan fingerprint density at radius 1 is 1.50 bits per heavy atom. The van der Waals surface area contributed by atoms with Gasteiger partial charge in [0.1, 0.15) is 11.8 Å². The summed E-state index contributed by atoms with van der Waals surface area (Å²) in [5.41, 5.74) is 0.257. The summed E-state index contributed by atoms with van der Waals surface area (Å²) in [5.74, 6) is -0.0478. The molecule has 0 atom stereocenters. The smallest absolute Gasteiger partial charge is 0.146 e. The highest BCUT2D eigenvalue weighted by atomic mass is 32.1. The average Bonchev–Trinajstić information content (AvgIpc) is 1.95. The van der Waals surface area contributed by atoms with Crippen LogP contribution in [-0.4, -0.2) is 5.11 Å². The number of rotatable bonds is 0. The van der Waals surface area contributed by atoms with Gasteiger partial charge in [0.2, 0.25) is 0 Å². The molecule has 0 aliphatic carbocycles. The summed E-state index contributed by atoms with van der Waals surface area (Å²) in [6, 6.07) is 6.67. The van der Waals surface area contributed by atoms with Crippen molar-refractivity contribution >= 4 is 12.6 Å². The molecule has 0 unspecified atom stereocenters. The predicted octanol–water partition coefficient (Wildman–Crippen LogP) is 1.55. The molecule has 0 bridgehead atoms. The monoisotopic (exact) mass is 151 g/mol. The second-order valence-electron chi connectivity index (χ2n) is 1.79. The summed E-state index contributed by atoms with van der Waals surface area (Å²) >= 11 is 3.92. The van der Waals surface area contributed by atoms with Gasteiger partial charge in [0.05, 0.1) is 5.56 Å². The third-order valence-corrected chi connectivity index (χ3v) is 1.50. The summed E-state index contributed by atoms with van der Waals surface area (Å²) in [7, 11) is 0. The molecule has 0 radical (unpaired) electrons. The van der Waals surface area contributed by atoms with Gasteiger partial charge in [0, 0.05) is 4.90 Å². The molecule has 0 saturated heterocycles. The molecule has 0 aliphatic heterocycles. The van der Waals surface area contributed by atoms with Crippen LogP contribution in [0.2, 0.25) is 0 Å². The van der Waals surface area contributed by atoms with E-state index in [9.17, 15) is 0 Å². The average molecular weight is 151 g/mol. The predicted molar refractivity (Wildman–Crippen MR) is 40.1 cm³/mol. The Morgan fingerprint density at radius 3 is 2.70 bits per heavy atom. The molecule has 3 heteroatoms. The SMILES string of the molecule is N#Cc1cccc(S)c1O. The number of hydrogen-bond donors (Lipinski definition) is 2. The molecular weight excluding hydrogens is 146 g/mol. The van der Waals surface area contributed by atoms with Gasteiger partial charge in [0.25, 0.3) is 0 Å². The molecule has 0 aromatic heterocycles. The first kappa shape index (κ1) is 6.97. The van der Waals surface area contributed by atoms with Crippen LogP contribution in [0.1, 0.15) is 5.56 Å². The molecule has 0 fully saturated rings. The minimum Gasteiger partial charge on any atom is -0.505 e. The fourth-order valence-electron chi connectivity index (χ4n) is 0.622. The van der Waals surface area contributed by atoms with E-state index >= 15 is 0 Å². The standard InChI is InChI=1S/C7H5NOS/c8-4-5-2-1-3-6(10)7(5)9/h1-3,9-10H. The van der Waals surface area contributed by atoms with Gasteiger partial charge in [-0.3, -0.25) is 0 Å². The highest BCUT2D eigenvalue weighted by Gasteiger charge is 2.00. The zero-order valence-corrected chi connectivity index (χ0v) is 5.97. The first-order chi connectivity index (χ1) is 4.75. The highest BCUT2D eigenvalue weighted by molar-refractivity contribution is 7.80. The number of thiol groups is 1.